The molecule has 0 heterocycles. The summed E-state index contributed by atoms with van der Waals surface area (Å²) in [7, 11) is 0. The van der Waals surface area contributed by atoms with E-state index >= 15 is 0 Å². The van der Waals surface area contributed by atoms with Crippen molar-refractivity contribution in [3.8, 4) is 5.75 Å². The first-order chi connectivity index (χ1) is 12.0. The Hall–Kier alpha value is -1.44. The van der Waals surface area contributed by atoms with Crippen LogP contribution in [0.2, 0.25) is 0 Å². The molecule has 132 valence electrons. The summed E-state index contributed by atoms with van der Waals surface area (Å²) in [5.41, 5.74) is 1.21. The second kappa shape index (κ2) is 9.89. The Labute approximate surface area is 169 Å². The van der Waals surface area contributed by atoms with Crippen molar-refractivity contribution < 1.29 is 9.53 Å². The van der Waals surface area contributed by atoms with Crippen LogP contribution in [-0.2, 0) is 0 Å². The Balaban J connectivity index is 2.07. The van der Waals surface area contributed by atoms with E-state index in [1.807, 2.05) is 30.3 Å². The maximum atomic E-state index is 12.6. The van der Waals surface area contributed by atoms with E-state index in [1.54, 1.807) is 12.1 Å². The van der Waals surface area contributed by atoms with Gasteiger partial charge in [0.25, 0.3) is 5.91 Å². The Morgan fingerprint density at radius 3 is 2.68 bits per heavy atom. The Morgan fingerprint density at radius 2 is 1.96 bits per heavy atom. The van der Waals surface area contributed by atoms with Gasteiger partial charge in [0.05, 0.1) is 17.9 Å². The molecular weight excluding hydrogens is 468 g/mol. The van der Waals surface area contributed by atoms with E-state index in [2.05, 4.69) is 49.4 Å². The predicted octanol–water partition coefficient (Wildman–Crippen LogP) is 5.52. The average molecular weight is 486 g/mol. The molecule has 0 aliphatic heterocycles. The lowest BCUT2D eigenvalue weighted by atomic mass is 10.2. The lowest BCUT2D eigenvalue weighted by Gasteiger charge is -2.14. The molecule has 0 aliphatic carbocycles. The minimum absolute atomic E-state index is 0.219. The molecule has 0 unspecified atom stereocenters. The summed E-state index contributed by atoms with van der Waals surface area (Å²) in [6.45, 7) is 2.66. The molecule has 7 heteroatoms. The zero-order valence-electron chi connectivity index (χ0n) is 13.6. The molecule has 0 saturated carbocycles. The van der Waals surface area contributed by atoms with Crippen LogP contribution >= 0.6 is 44.1 Å². The Bertz CT molecular complexity index is 768. The molecule has 0 fully saturated rings. The molecule has 0 aromatic heterocycles. The number of unbranched alkanes of at least 4 members (excludes halogenated alkanes) is 1. The first kappa shape index (κ1) is 19.9. The summed E-state index contributed by atoms with van der Waals surface area (Å²) in [6, 6.07) is 12.9. The van der Waals surface area contributed by atoms with Gasteiger partial charge in [-0.25, -0.2) is 0 Å². The van der Waals surface area contributed by atoms with Gasteiger partial charge in [0, 0.05) is 8.95 Å². The molecule has 2 N–H and O–H groups in total. The highest BCUT2D eigenvalue weighted by molar-refractivity contribution is 9.10. The molecule has 4 nitrogen and oxygen atoms in total. The number of halogens is 2. The van der Waals surface area contributed by atoms with Crippen molar-refractivity contribution in [3.05, 3.63) is 57.0 Å². The fourth-order valence-electron chi connectivity index (χ4n) is 2.02. The molecular formula is C18H18Br2N2O2S. The molecule has 0 aliphatic rings. The summed E-state index contributed by atoms with van der Waals surface area (Å²) in [6.07, 6.45) is 1.96. The van der Waals surface area contributed by atoms with Gasteiger partial charge in [-0.3, -0.25) is 10.1 Å². The summed E-state index contributed by atoms with van der Waals surface area (Å²) in [5.74, 6) is 0.218. The van der Waals surface area contributed by atoms with Gasteiger partial charge in [-0.05, 0) is 64.9 Å². The van der Waals surface area contributed by atoms with Crippen molar-refractivity contribution in [2.24, 2.45) is 0 Å². The maximum absolute atomic E-state index is 12.6. The third-order valence-electron chi connectivity index (χ3n) is 3.29. The van der Waals surface area contributed by atoms with Crippen molar-refractivity contribution in [3.63, 3.8) is 0 Å². The van der Waals surface area contributed by atoms with Crippen LogP contribution in [0.4, 0.5) is 5.69 Å². The highest BCUT2D eigenvalue weighted by Crippen LogP contribution is 2.24. The zero-order chi connectivity index (χ0) is 18.2. The molecule has 0 bridgehead atoms. The number of benzene rings is 2. The number of anilines is 1. The number of ether oxygens (including phenoxy) is 1. The number of hydrogen-bond acceptors (Lipinski definition) is 3. The van der Waals surface area contributed by atoms with E-state index in [1.165, 1.54) is 0 Å². The molecule has 0 radical (unpaired) electrons. The van der Waals surface area contributed by atoms with Crippen LogP contribution in [0.1, 0.15) is 30.1 Å². The highest BCUT2D eigenvalue weighted by Gasteiger charge is 2.15. The topological polar surface area (TPSA) is 50.4 Å². The number of hydrogen-bond donors (Lipinski definition) is 2. The van der Waals surface area contributed by atoms with Crippen LogP contribution in [0.5, 0.6) is 5.75 Å². The largest absolute Gasteiger partial charge is 0.493 e. The molecule has 0 saturated heterocycles. The fourth-order valence-corrected chi connectivity index (χ4v) is 2.97. The fraction of sp³-hybridized carbons (Fsp3) is 0.222. The summed E-state index contributed by atoms with van der Waals surface area (Å²) >= 11 is 12.1. The number of para-hydroxylation sites is 1. The number of amides is 1. The number of thiocarbonyl (C=S) groups is 1. The lowest BCUT2D eigenvalue weighted by Crippen LogP contribution is -2.34. The van der Waals surface area contributed by atoms with Crippen LogP contribution in [-0.4, -0.2) is 17.6 Å². The van der Waals surface area contributed by atoms with Gasteiger partial charge in [0.2, 0.25) is 0 Å². The van der Waals surface area contributed by atoms with Gasteiger partial charge in [0.1, 0.15) is 5.75 Å². The average Bonchev–Trinajstić information content (AvgIpc) is 2.58. The Kier molecular flexibility index (Phi) is 7.87. The number of carbonyl (C=O) groups excluding carboxylic acids is 1. The predicted molar refractivity (Wildman–Crippen MR) is 112 cm³/mol. The van der Waals surface area contributed by atoms with Gasteiger partial charge in [-0.1, -0.05) is 41.4 Å². The zero-order valence-corrected chi connectivity index (χ0v) is 17.6. The van der Waals surface area contributed by atoms with Crippen LogP contribution in [0.15, 0.2) is 51.4 Å². The minimum Gasteiger partial charge on any atom is -0.493 e. The molecule has 1 amide bonds. The molecule has 0 atom stereocenters. The third kappa shape index (κ3) is 6.09. The standard InChI is InChI=1S/C18H18Br2N2O2S/c1-2-3-10-24-16-9-8-12(19)11-13(16)17(23)22-18(25)21-15-7-5-4-6-14(15)20/h4-9,11H,2-3,10H2,1H3,(H2,21,22,23,25). The van der Waals surface area contributed by atoms with Crippen molar-refractivity contribution in [1.82, 2.24) is 5.32 Å². The number of rotatable bonds is 6. The van der Waals surface area contributed by atoms with E-state index < -0.39 is 0 Å². The van der Waals surface area contributed by atoms with Crippen LogP contribution < -0.4 is 15.4 Å². The third-order valence-corrected chi connectivity index (χ3v) is 4.68. The molecule has 2 rings (SSSR count). The monoisotopic (exact) mass is 484 g/mol. The Morgan fingerprint density at radius 1 is 1.20 bits per heavy atom. The van der Waals surface area contributed by atoms with Gasteiger partial charge in [-0.2, -0.15) is 0 Å². The summed E-state index contributed by atoms with van der Waals surface area (Å²) < 4.78 is 7.38. The van der Waals surface area contributed by atoms with Crippen molar-refractivity contribution in [2.45, 2.75) is 19.8 Å². The normalized spacial score (nSPS) is 10.2. The van der Waals surface area contributed by atoms with Gasteiger partial charge < -0.3 is 10.1 Å². The van der Waals surface area contributed by atoms with E-state index in [9.17, 15) is 4.79 Å². The number of carbonyl (C=O) groups is 1. The van der Waals surface area contributed by atoms with Gasteiger partial charge in [-0.15, -0.1) is 0 Å². The first-order valence-electron chi connectivity index (χ1n) is 7.80. The first-order valence-corrected chi connectivity index (χ1v) is 9.80. The van der Waals surface area contributed by atoms with E-state index in [0.717, 1.165) is 27.5 Å². The van der Waals surface area contributed by atoms with Crippen LogP contribution in [0, 0.1) is 0 Å². The second-order valence-electron chi connectivity index (χ2n) is 5.23. The lowest BCUT2D eigenvalue weighted by molar-refractivity contribution is 0.0973. The minimum atomic E-state index is -0.322. The summed E-state index contributed by atoms with van der Waals surface area (Å²) in [4.78, 5) is 12.6. The van der Waals surface area contributed by atoms with E-state index in [-0.39, 0.29) is 11.0 Å². The highest BCUT2D eigenvalue weighted by atomic mass is 79.9. The SMILES string of the molecule is CCCCOc1ccc(Br)cc1C(=O)NC(=S)Nc1ccccc1Br. The molecule has 0 spiro atoms. The van der Waals surface area contributed by atoms with Gasteiger partial charge in [0.15, 0.2) is 5.11 Å². The van der Waals surface area contributed by atoms with Crippen molar-refractivity contribution in [2.75, 3.05) is 11.9 Å². The molecule has 2 aromatic carbocycles. The summed E-state index contributed by atoms with van der Waals surface area (Å²) in [5, 5.41) is 5.91. The van der Waals surface area contributed by atoms with Crippen LogP contribution in [0.25, 0.3) is 0 Å². The number of nitrogens with one attached hydrogen (secondary N) is 2. The van der Waals surface area contributed by atoms with Crippen LogP contribution in [0.3, 0.4) is 0 Å². The smallest absolute Gasteiger partial charge is 0.261 e. The maximum Gasteiger partial charge on any atom is 0.261 e. The van der Waals surface area contributed by atoms with E-state index in [4.69, 9.17) is 17.0 Å². The second-order valence-corrected chi connectivity index (χ2v) is 7.41. The van der Waals surface area contributed by atoms with Gasteiger partial charge >= 0.3 is 0 Å². The van der Waals surface area contributed by atoms with Crippen molar-refractivity contribution in [1.29, 1.82) is 0 Å². The van der Waals surface area contributed by atoms with Crippen molar-refractivity contribution >= 4 is 60.8 Å². The quantitative estimate of drug-likeness (QED) is 0.418. The van der Waals surface area contributed by atoms with E-state index in [0.29, 0.717) is 17.9 Å². The molecule has 2 aromatic rings. The molecule has 25 heavy (non-hydrogen) atoms.